The van der Waals surface area contributed by atoms with Gasteiger partial charge in [0, 0.05) is 31.0 Å². The number of nitrogens with zero attached hydrogens (tertiary/aromatic N) is 3. The minimum absolute atomic E-state index is 0.0310. The van der Waals surface area contributed by atoms with Crippen LogP contribution >= 0.6 is 11.3 Å². The second-order valence-electron chi connectivity index (χ2n) is 6.63. The van der Waals surface area contributed by atoms with E-state index in [1.807, 2.05) is 0 Å². The zero-order valence-electron chi connectivity index (χ0n) is 16.2. The predicted octanol–water partition coefficient (Wildman–Crippen LogP) is 2.52. The smallest absolute Gasteiger partial charge is 0.410 e. The van der Waals surface area contributed by atoms with Gasteiger partial charge in [-0.3, -0.25) is 19.2 Å². The summed E-state index contributed by atoms with van der Waals surface area (Å²) in [6, 6.07) is 5.16. The molecule has 1 saturated heterocycles. The molecule has 30 heavy (non-hydrogen) atoms. The molecule has 0 bridgehead atoms. The largest absolute Gasteiger partial charge is 0.445 e. The molecule has 11 nitrogen and oxygen atoms in total. The molecule has 1 aromatic heterocycles. The van der Waals surface area contributed by atoms with Crippen LogP contribution in [0.1, 0.15) is 23.7 Å². The highest BCUT2D eigenvalue weighted by Crippen LogP contribution is 2.36. The number of thiazole rings is 1. The fourth-order valence-corrected chi connectivity index (χ4v) is 4.44. The molecule has 2 heterocycles. The van der Waals surface area contributed by atoms with Crippen molar-refractivity contribution in [3.63, 3.8) is 0 Å². The number of hydrogen-bond donors (Lipinski definition) is 1. The number of non-ortho nitro benzene ring substituents is 1. The highest BCUT2D eigenvalue weighted by molar-refractivity contribution is 7.86. The average Bonchev–Trinajstić information content (AvgIpc) is 3.31. The molecule has 1 fully saturated rings. The number of carbonyl (C=O) groups is 1. The van der Waals surface area contributed by atoms with Crippen molar-refractivity contribution < 1.29 is 27.1 Å². The molecule has 0 radical (unpaired) electrons. The Morgan fingerprint density at radius 2 is 2.10 bits per heavy atom. The lowest BCUT2D eigenvalue weighted by atomic mass is 10.1. The lowest BCUT2D eigenvalue weighted by molar-refractivity contribution is -0.384. The number of hydrogen-bond acceptors (Lipinski definition) is 10. The Morgan fingerprint density at radius 3 is 2.67 bits per heavy atom. The number of rotatable bonds is 7. The van der Waals surface area contributed by atoms with Crippen molar-refractivity contribution in [1.29, 1.82) is 0 Å². The topological polar surface area (TPSA) is 141 Å². The van der Waals surface area contributed by atoms with Crippen LogP contribution in [0.15, 0.2) is 29.6 Å². The standard InChI is InChI=1S/C17H20N4O7S2/c1-18-16-19-14(10-29-16)15-7-13(28-30(2,25)26)8-20(15)17(22)27-9-11-3-5-12(6-4-11)21(23)24/h3-6,10,13,15H,7-9H2,1-2H3,(H,18,19)/t13-,15+/m1/s1. The van der Waals surface area contributed by atoms with Gasteiger partial charge in [0.05, 0.1) is 35.6 Å². The molecule has 0 unspecified atom stereocenters. The second kappa shape index (κ2) is 8.93. The number of anilines is 1. The minimum atomic E-state index is -3.69. The van der Waals surface area contributed by atoms with E-state index in [-0.39, 0.29) is 25.3 Å². The summed E-state index contributed by atoms with van der Waals surface area (Å²) >= 11 is 1.36. The summed E-state index contributed by atoms with van der Waals surface area (Å²) in [7, 11) is -1.97. The zero-order chi connectivity index (χ0) is 21.9. The molecular weight excluding hydrogens is 436 g/mol. The highest BCUT2D eigenvalue weighted by atomic mass is 32.2. The molecule has 1 N–H and O–H groups in total. The summed E-state index contributed by atoms with van der Waals surface area (Å²) in [6.45, 7) is -0.0558. The molecule has 1 aliphatic rings. The van der Waals surface area contributed by atoms with Crippen LogP contribution in [0, 0.1) is 10.1 Å². The minimum Gasteiger partial charge on any atom is -0.445 e. The molecule has 162 valence electrons. The Hall–Kier alpha value is -2.77. The lowest BCUT2D eigenvalue weighted by Gasteiger charge is -2.22. The van der Waals surface area contributed by atoms with Crippen molar-refractivity contribution in [2.75, 3.05) is 25.2 Å². The van der Waals surface area contributed by atoms with Gasteiger partial charge in [-0.1, -0.05) is 0 Å². The third-order valence-electron chi connectivity index (χ3n) is 4.39. The van der Waals surface area contributed by atoms with E-state index in [0.29, 0.717) is 16.4 Å². The Morgan fingerprint density at radius 1 is 1.40 bits per heavy atom. The molecule has 0 spiro atoms. The molecule has 1 aromatic carbocycles. The first-order chi connectivity index (χ1) is 14.2. The van der Waals surface area contributed by atoms with E-state index in [2.05, 4.69) is 10.3 Å². The van der Waals surface area contributed by atoms with Crippen LogP contribution < -0.4 is 5.32 Å². The lowest BCUT2D eigenvalue weighted by Crippen LogP contribution is -2.33. The van der Waals surface area contributed by atoms with Crippen LogP contribution in [-0.4, -0.2) is 55.3 Å². The number of amides is 1. The number of nitrogens with one attached hydrogen (secondary N) is 1. The van der Waals surface area contributed by atoms with E-state index in [9.17, 15) is 23.3 Å². The van der Waals surface area contributed by atoms with Gasteiger partial charge in [-0.15, -0.1) is 11.3 Å². The van der Waals surface area contributed by atoms with Gasteiger partial charge in [0.15, 0.2) is 5.13 Å². The molecule has 2 aromatic rings. The van der Waals surface area contributed by atoms with Crippen molar-refractivity contribution in [2.45, 2.75) is 25.2 Å². The predicted molar refractivity (Wildman–Crippen MR) is 109 cm³/mol. The van der Waals surface area contributed by atoms with Gasteiger partial charge in [-0.2, -0.15) is 8.42 Å². The van der Waals surface area contributed by atoms with Crippen LogP contribution in [-0.2, 0) is 25.6 Å². The van der Waals surface area contributed by atoms with Crippen molar-refractivity contribution in [2.24, 2.45) is 0 Å². The number of ether oxygens (including phenoxy) is 1. The quantitative estimate of drug-likeness (QED) is 0.378. The van der Waals surface area contributed by atoms with Crippen LogP contribution in [0.5, 0.6) is 0 Å². The normalized spacial score (nSPS) is 18.9. The summed E-state index contributed by atoms with van der Waals surface area (Å²) in [6.07, 6.45) is -0.153. The summed E-state index contributed by atoms with van der Waals surface area (Å²) in [4.78, 5) is 28.7. The van der Waals surface area contributed by atoms with E-state index in [4.69, 9.17) is 8.92 Å². The monoisotopic (exact) mass is 456 g/mol. The van der Waals surface area contributed by atoms with Gasteiger partial charge in [-0.25, -0.2) is 9.78 Å². The maximum atomic E-state index is 12.7. The van der Waals surface area contributed by atoms with E-state index >= 15 is 0 Å². The highest BCUT2D eigenvalue weighted by Gasteiger charge is 2.40. The first-order valence-electron chi connectivity index (χ1n) is 8.84. The third kappa shape index (κ3) is 5.43. The SMILES string of the molecule is CNc1nc([C@@H]2C[C@@H](OS(C)(=O)=O)CN2C(=O)OCc2ccc([N+](=O)[O-])cc2)cs1. The van der Waals surface area contributed by atoms with E-state index in [1.54, 1.807) is 12.4 Å². The number of carbonyl (C=O) groups excluding carboxylic acids is 1. The van der Waals surface area contributed by atoms with Crippen molar-refractivity contribution in [3.8, 4) is 0 Å². The number of nitro groups is 1. The molecule has 2 atom stereocenters. The first-order valence-corrected chi connectivity index (χ1v) is 11.5. The summed E-state index contributed by atoms with van der Waals surface area (Å²) in [5.41, 5.74) is 1.13. The van der Waals surface area contributed by atoms with Gasteiger partial charge >= 0.3 is 6.09 Å². The van der Waals surface area contributed by atoms with Gasteiger partial charge in [0.1, 0.15) is 6.61 Å². The Kier molecular flexibility index (Phi) is 6.53. The molecule has 13 heteroatoms. The molecule has 3 rings (SSSR count). The number of benzene rings is 1. The number of aromatic nitrogens is 1. The van der Waals surface area contributed by atoms with Crippen LogP contribution in [0.3, 0.4) is 0 Å². The van der Waals surface area contributed by atoms with E-state index in [0.717, 1.165) is 6.26 Å². The number of nitro benzene ring substituents is 1. The fraction of sp³-hybridized carbons (Fsp3) is 0.412. The van der Waals surface area contributed by atoms with Crippen LogP contribution in [0.25, 0.3) is 0 Å². The summed E-state index contributed by atoms with van der Waals surface area (Å²) in [5, 5.41) is 16.1. The summed E-state index contributed by atoms with van der Waals surface area (Å²) < 4.78 is 33.5. The maximum Gasteiger partial charge on any atom is 0.410 e. The van der Waals surface area contributed by atoms with Crippen molar-refractivity contribution in [3.05, 3.63) is 51.0 Å². The third-order valence-corrected chi connectivity index (χ3v) is 5.89. The average molecular weight is 457 g/mol. The second-order valence-corrected chi connectivity index (χ2v) is 9.09. The molecule has 1 aliphatic heterocycles. The van der Waals surface area contributed by atoms with Crippen molar-refractivity contribution >= 4 is 38.4 Å². The van der Waals surface area contributed by atoms with E-state index < -0.39 is 33.3 Å². The molecule has 0 aliphatic carbocycles. The van der Waals surface area contributed by atoms with Crippen molar-refractivity contribution in [1.82, 2.24) is 9.88 Å². The maximum absolute atomic E-state index is 12.7. The van der Waals surface area contributed by atoms with Crippen LogP contribution in [0.2, 0.25) is 0 Å². The molecule has 0 saturated carbocycles. The Bertz CT molecular complexity index is 1020. The Balaban J connectivity index is 1.71. The Labute approximate surface area is 176 Å². The molecule has 1 amide bonds. The fourth-order valence-electron chi connectivity index (χ4n) is 3.09. The molecular formula is C17H20N4O7S2. The van der Waals surface area contributed by atoms with Gasteiger partial charge in [0.2, 0.25) is 0 Å². The van der Waals surface area contributed by atoms with Gasteiger partial charge < -0.3 is 10.1 Å². The zero-order valence-corrected chi connectivity index (χ0v) is 17.8. The first kappa shape index (κ1) is 21.9. The van der Waals surface area contributed by atoms with Gasteiger partial charge in [0.25, 0.3) is 15.8 Å². The van der Waals surface area contributed by atoms with Gasteiger partial charge in [-0.05, 0) is 17.7 Å². The van der Waals surface area contributed by atoms with E-state index in [1.165, 1.54) is 40.5 Å². The van der Waals surface area contributed by atoms with Crippen LogP contribution in [0.4, 0.5) is 15.6 Å². The summed E-state index contributed by atoms with van der Waals surface area (Å²) in [5.74, 6) is 0. The number of likely N-dealkylation sites (tertiary alicyclic amines) is 1.